The van der Waals surface area contributed by atoms with E-state index in [4.69, 9.17) is 9.47 Å². The molecule has 9 nitrogen and oxygen atoms in total. The molecule has 2 N–H and O–H groups in total. The molecule has 0 aliphatic rings. The number of carbonyl (C=O) groups excluding carboxylic acids is 4. The predicted molar refractivity (Wildman–Crippen MR) is 106 cm³/mol. The molecule has 0 saturated heterocycles. The number of carbonyl (C=O) groups is 4. The van der Waals surface area contributed by atoms with Crippen LogP contribution in [-0.2, 0) is 41.6 Å². The van der Waals surface area contributed by atoms with E-state index in [-0.39, 0.29) is 114 Å². The van der Waals surface area contributed by atoms with Gasteiger partial charge in [0.1, 0.15) is 0 Å². The second kappa shape index (κ2) is 17.5. The molecule has 0 fully saturated rings. The van der Waals surface area contributed by atoms with Crippen LogP contribution in [0, 0.1) is 0 Å². The summed E-state index contributed by atoms with van der Waals surface area (Å²) >= 11 is 0. The van der Waals surface area contributed by atoms with Crippen LogP contribution in [0.25, 0.3) is 5.32 Å². The Morgan fingerprint density at radius 1 is 1.00 bits per heavy atom. The molecular formula is C20H28N3O6Rb. The van der Waals surface area contributed by atoms with Crippen molar-refractivity contribution in [1.82, 2.24) is 10.6 Å². The summed E-state index contributed by atoms with van der Waals surface area (Å²) in [5.41, 5.74) is 1.67. The summed E-state index contributed by atoms with van der Waals surface area (Å²) < 4.78 is 9.93. The third kappa shape index (κ3) is 14.8. The van der Waals surface area contributed by atoms with E-state index in [9.17, 15) is 19.2 Å². The third-order valence-electron chi connectivity index (χ3n) is 3.74. The van der Waals surface area contributed by atoms with Gasteiger partial charge in [-0.2, -0.15) is 0 Å². The van der Waals surface area contributed by atoms with Crippen LogP contribution in [0.4, 0.5) is 0 Å². The minimum atomic E-state index is -0.364. The average molecular weight is 492 g/mol. The summed E-state index contributed by atoms with van der Waals surface area (Å²) in [7, 11) is 1.55. The van der Waals surface area contributed by atoms with E-state index in [1.165, 1.54) is 6.92 Å². The van der Waals surface area contributed by atoms with E-state index in [0.717, 1.165) is 11.1 Å². The molecule has 1 aromatic rings. The van der Waals surface area contributed by atoms with Crippen molar-refractivity contribution >= 4 is 23.7 Å². The molecule has 0 spiro atoms. The third-order valence-corrected chi connectivity index (χ3v) is 3.74. The van der Waals surface area contributed by atoms with Gasteiger partial charge in [0.05, 0.1) is 32.1 Å². The van der Waals surface area contributed by atoms with E-state index < -0.39 is 0 Å². The molecule has 30 heavy (non-hydrogen) atoms. The summed E-state index contributed by atoms with van der Waals surface area (Å²) in [6.07, 6.45) is 0.978. The van der Waals surface area contributed by atoms with Gasteiger partial charge >= 0.3 is 64.2 Å². The molecule has 0 bridgehead atoms. The Bertz CT molecular complexity index is 682. The van der Waals surface area contributed by atoms with E-state index in [1.54, 1.807) is 19.2 Å². The minimum Gasteiger partial charge on any atom is -0.648 e. The summed E-state index contributed by atoms with van der Waals surface area (Å²) in [6.45, 7) is 2.32. The first-order valence-electron chi connectivity index (χ1n) is 9.37. The number of esters is 1. The molecule has 0 aliphatic carbocycles. The van der Waals surface area contributed by atoms with Crippen LogP contribution in [0.3, 0.4) is 0 Å². The molecule has 0 unspecified atom stereocenters. The number of nitrogens with one attached hydrogen (secondary N) is 2. The van der Waals surface area contributed by atoms with E-state index in [1.807, 2.05) is 12.1 Å². The number of amides is 3. The van der Waals surface area contributed by atoms with Crippen LogP contribution in [0.1, 0.15) is 30.9 Å². The summed E-state index contributed by atoms with van der Waals surface area (Å²) in [6, 6.07) is 7.23. The van der Waals surface area contributed by atoms with E-state index >= 15 is 0 Å². The number of ether oxygens (including phenoxy) is 2. The van der Waals surface area contributed by atoms with Crippen LogP contribution in [0.15, 0.2) is 24.3 Å². The first-order chi connectivity index (χ1) is 13.9. The summed E-state index contributed by atoms with van der Waals surface area (Å²) in [4.78, 5) is 45.2. The van der Waals surface area contributed by atoms with Crippen LogP contribution >= 0.6 is 0 Å². The topological polar surface area (TPSA) is 125 Å². The van der Waals surface area contributed by atoms with Gasteiger partial charge in [-0.1, -0.05) is 29.8 Å². The van der Waals surface area contributed by atoms with Crippen molar-refractivity contribution in [2.45, 2.75) is 32.7 Å². The number of hydrogen-bond acceptors (Lipinski definition) is 6. The van der Waals surface area contributed by atoms with Gasteiger partial charge in [-0.05, 0) is 5.56 Å². The van der Waals surface area contributed by atoms with Crippen LogP contribution in [0.5, 0.6) is 0 Å². The Morgan fingerprint density at radius 3 is 2.30 bits per heavy atom. The Labute approximate surface area is 225 Å². The van der Waals surface area contributed by atoms with Crippen molar-refractivity contribution in [1.29, 1.82) is 0 Å². The average Bonchev–Trinajstić information content (AvgIpc) is 2.69. The van der Waals surface area contributed by atoms with Gasteiger partial charge in [0, 0.05) is 33.4 Å². The molecule has 0 heterocycles. The smallest absolute Gasteiger partial charge is 0.648 e. The van der Waals surface area contributed by atoms with Crippen molar-refractivity contribution in [2.24, 2.45) is 0 Å². The van der Waals surface area contributed by atoms with Gasteiger partial charge in [-0.3, -0.25) is 14.4 Å². The quantitative estimate of drug-likeness (QED) is 0.239. The van der Waals surface area contributed by atoms with E-state index in [2.05, 4.69) is 16.0 Å². The standard InChI is InChI=1S/C20H29N3O6.Rb/c1-15(24)29-11-3-10-28-14-20(27)23-13-17-6-4-16(5-7-17)12-19(26)22-9-8-18(25)21-2;/h4-7H,3,8-14H2,1-2H3,(H3,21,22,23,25,26,27);/q;+1/p-1. The minimum absolute atomic E-state index is 0. The fourth-order valence-electron chi connectivity index (χ4n) is 2.21. The Balaban J connectivity index is 0.00000841. The SMILES string of the molecule is CNC(=O)CCNC(=O)Cc1ccc(C[N-]C(=O)COCCCOC(C)=O)cc1.[Rb+]. The summed E-state index contributed by atoms with van der Waals surface area (Å²) in [5, 5.41) is 9.11. The molecular weight excluding hydrogens is 464 g/mol. The maximum atomic E-state index is 11.8. The Kier molecular flexibility index (Phi) is 16.9. The Morgan fingerprint density at radius 2 is 1.67 bits per heavy atom. The van der Waals surface area contributed by atoms with Gasteiger partial charge in [0.25, 0.3) is 0 Å². The molecule has 160 valence electrons. The van der Waals surface area contributed by atoms with Gasteiger partial charge in [-0.25, -0.2) is 0 Å². The molecule has 0 radical (unpaired) electrons. The largest absolute Gasteiger partial charge is 1.00 e. The molecule has 0 atom stereocenters. The zero-order valence-corrected chi connectivity index (χ0v) is 22.8. The zero-order chi connectivity index (χ0) is 21.5. The molecule has 0 aromatic heterocycles. The molecule has 1 rings (SSSR count). The fourth-order valence-corrected chi connectivity index (χ4v) is 2.21. The molecule has 3 amide bonds. The van der Waals surface area contributed by atoms with Crippen molar-refractivity contribution in [3.05, 3.63) is 40.7 Å². The monoisotopic (exact) mass is 491 g/mol. The molecule has 0 aliphatic heterocycles. The van der Waals surface area contributed by atoms with Gasteiger partial charge in [-0.15, -0.1) is 6.54 Å². The van der Waals surface area contributed by atoms with Crippen LogP contribution < -0.4 is 68.8 Å². The van der Waals surface area contributed by atoms with Crippen molar-refractivity contribution in [3.63, 3.8) is 0 Å². The Hall–Kier alpha value is -1.13. The van der Waals surface area contributed by atoms with Crippen molar-refractivity contribution < 1.29 is 86.8 Å². The second-order valence-electron chi connectivity index (χ2n) is 6.22. The molecule has 0 saturated carbocycles. The predicted octanol–water partition coefficient (Wildman–Crippen LogP) is -2.14. The van der Waals surface area contributed by atoms with Crippen LogP contribution in [0.2, 0.25) is 0 Å². The maximum absolute atomic E-state index is 11.8. The first kappa shape index (κ1) is 28.9. The fraction of sp³-hybridized carbons (Fsp3) is 0.500. The number of benzene rings is 1. The van der Waals surface area contributed by atoms with E-state index in [0.29, 0.717) is 19.6 Å². The number of nitrogens with zero attached hydrogens (tertiary/aromatic N) is 1. The maximum Gasteiger partial charge on any atom is 1.00 e. The number of hydrogen-bond donors (Lipinski definition) is 2. The van der Waals surface area contributed by atoms with Crippen LogP contribution in [-0.4, -0.2) is 57.1 Å². The zero-order valence-electron chi connectivity index (χ0n) is 17.9. The molecule has 1 aromatic carbocycles. The first-order valence-corrected chi connectivity index (χ1v) is 9.37. The number of rotatable bonds is 13. The second-order valence-corrected chi connectivity index (χ2v) is 6.22. The van der Waals surface area contributed by atoms with Crippen molar-refractivity contribution in [2.75, 3.05) is 33.4 Å². The van der Waals surface area contributed by atoms with Gasteiger partial charge in [0.15, 0.2) is 0 Å². The van der Waals surface area contributed by atoms with Gasteiger partial charge < -0.3 is 30.2 Å². The normalized spacial score (nSPS) is 9.80. The summed E-state index contributed by atoms with van der Waals surface area (Å²) in [5.74, 6) is -0.992. The molecule has 10 heteroatoms. The van der Waals surface area contributed by atoms with Crippen molar-refractivity contribution in [3.8, 4) is 0 Å². The van der Waals surface area contributed by atoms with Gasteiger partial charge in [0.2, 0.25) is 11.8 Å².